The van der Waals surface area contributed by atoms with Gasteiger partial charge in [-0.3, -0.25) is 0 Å². The molecule has 0 saturated carbocycles. The Labute approximate surface area is 116 Å². The third-order valence-corrected chi connectivity index (χ3v) is 2.22. The summed E-state index contributed by atoms with van der Waals surface area (Å²) < 4.78 is 83.1. The molecule has 1 aromatic carbocycles. The topological polar surface area (TPSA) is 57.2 Å². The van der Waals surface area contributed by atoms with Gasteiger partial charge in [0, 0.05) is 14.2 Å². The first-order valence-corrected chi connectivity index (χ1v) is 5.36. The zero-order chi connectivity index (χ0) is 16.2. The van der Waals surface area contributed by atoms with E-state index in [1.54, 1.807) is 0 Å². The van der Waals surface area contributed by atoms with Crippen LogP contribution >= 0.6 is 0 Å². The Kier molecular flexibility index (Phi) is 6.33. The molecule has 1 N–H and O–H groups in total. The van der Waals surface area contributed by atoms with Crippen molar-refractivity contribution >= 4 is 7.32 Å². The maximum atomic E-state index is 13.3. The molecule has 1 unspecified atom stereocenters. The average Bonchev–Trinajstić information content (AvgIpc) is 2.47. The molecule has 0 aliphatic rings. The van der Waals surface area contributed by atoms with Gasteiger partial charge in [0.2, 0.25) is 29.1 Å². The van der Waals surface area contributed by atoms with Gasteiger partial charge in [0.15, 0.2) is 12.0 Å². The summed E-state index contributed by atoms with van der Waals surface area (Å²) in [4.78, 5) is 0. The van der Waals surface area contributed by atoms with Crippen LogP contribution in [0.5, 0.6) is 5.75 Å². The third kappa shape index (κ3) is 4.03. The second-order valence-electron chi connectivity index (χ2n) is 3.58. The lowest BCUT2D eigenvalue weighted by molar-refractivity contribution is -0.111. The summed E-state index contributed by atoms with van der Waals surface area (Å²) in [5.41, 5.74) is 0. The minimum absolute atomic E-state index is 0.186. The van der Waals surface area contributed by atoms with E-state index < -0.39 is 48.4 Å². The summed E-state index contributed by atoms with van der Waals surface area (Å²) in [6.07, 6.45) is -1.19. The molecule has 11 heteroatoms. The van der Waals surface area contributed by atoms with Gasteiger partial charge in [0.1, 0.15) is 0 Å². The van der Waals surface area contributed by atoms with E-state index in [4.69, 9.17) is 0 Å². The van der Waals surface area contributed by atoms with Gasteiger partial charge in [-0.2, -0.15) is 8.78 Å². The number of methoxy groups -OCH3 is 2. The summed E-state index contributed by atoms with van der Waals surface area (Å²) in [5.74, 6) is -12.9. The third-order valence-electron chi connectivity index (χ3n) is 2.22. The highest BCUT2D eigenvalue weighted by molar-refractivity contribution is 6.35. The van der Waals surface area contributed by atoms with Crippen LogP contribution in [-0.4, -0.2) is 39.5 Å². The number of rotatable bonds is 7. The van der Waals surface area contributed by atoms with Crippen LogP contribution in [0.4, 0.5) is 22.0 Å². The maximum Gasteiger partial charge on any atom is 0.712 e. The second kappa shape index (κ2) is 7.55. The summed E-state index contributed by atoms with van der Waals surface area (Å²) in [6, 6.07) is 0. The Hall–Kier alpha value is -1.43. The molecule has 5 nitrogen and oxygen atoms in total. The largest absolute Gasteiger partial charge is 0.712 e. The Morgan fingerprint density at radius 1 is 0.952 bits per heavy atom. The Bertz CT molecular complexity index is 474. The van der Waals surface area contributed by atoms with E-state index in [9.17, 15) is 27.0 Å². The van der Waals surface area contributed by atoms with Crippen molar-refractivity contribution in [2.24, 2.45) is 0 Å². The van der Waals surface area contributed by atoms with E-state index in [-0.39, 0.29) is 6.61 Å². The van der Waals surface area contributed by atoms with Crippen LogP contribution in [0.3, 0.4) is 0 Å². The van der Waals surface area contributed by atoms with Gasteiger partial charge in [-0.1, -0.05) is 0 Å². The number of hydrogen-bond donors (Lipinski definition) is 1. The van der Waals surface area contributed by atoms with Crippen molar-refractivity contribution in [3.05, 3.63) is 29.1 Å². The normalized spacial score (nSPS) is 12.4. The number of halogens is 5. The molecule has 1 aromatic rings. The molecule has 1 rings (SSSR count). The lowest BCUT2D eigenvalue weighted by atomic mass is 10.2. The fraction of sp³-hybridized carbons (Fsp3) is 0.400. The zero-order valence-electron chi connectivity index (χ0n) is 10.8. The molecule has 0 spiro atoms. The average molecular weight is 316 g/mol. The molecular weight excluding hydrogens is 306 g/mol. The van der Waals surface area contributed by atoms with Crippen molar-refractivity contribution in [2.45, 2.75) is 6.29 Å². The van der Waals surface area contributed by atoms with Crippen LogP contribution in [-0.2, 0) is 14.1 Å². The van der Waals surface area contributed by atoms with Gasteiger partial charge >= 0.3 is 7.32 Å². The van der Waals surface area contributed by atoms with E-state index in [0.29, 0.717) is 0 Å². The summed E-state index contributed by atoms with van der Waals surface area (Å²) >= 11 is 0. The van der Waals surface area contributed by atoms with Crippen molar-refractivity contribution in [3.8, 4) is 5.75 Å². The molecule has 0 radical (unpaired) electrons. The van der Waals surface area contributed by atoms with Crippen LogP contribution in [0.25, 0.3) is 0 Å². The quantitative estimate of drug-likeness (QED) is 0.271. The highest BCUT2D eigenvalue weighted by Crippen LogP contribution is 2.29. The minimum Gasteiger partial charge on any atom is -0.507 e. The molecular formula is C10H10BF5O5. The van der Waals surface area contributed by atoms with Crippen molar-refractivity contribution in [3.63, 3.8) is 0 Å². The molecule has 0 aliphatic carbocycles. The standard InChI is InChI=1S/C10H10BF5O5/c1-18-3-4(19-2)20-11(17)21-10-8(15)6(13)5(12)7(14)9(10)16/h4,17H,3H2,1-2H3. The molecule has 0 aromatic heterocycles. The fourth-order valence-electron chi connectivity index (χ4n) is 1.25. The van der Waals surface area contributed by atoms with Gasteiger partial charge in [0.25, 0.3) is 0 Å². The van der Waals surface area contributed by atoms with Crippen LogP contribution in [0.1, 0.15) is 0 Å². The smallest absolute Gasteiger partial charge is 0.507 e. The molecule has 118 valence electrons. The first-order chi connectivity index (χ1) is 9.83. The highest BCUT2D eigenvalue weighted by atomic mass is 19.2. The van der Waals surface area contributed by atoms with Gasteiger partial charge in [0.05, 0.1) is 6.61 Å². The van der Waals surface area contributed by atoms with E-state index in [2.05, 4.69) is 18.8 Å². The van der Waals surface area contributed by atoms with Crippen molar-refractivity contribution in [1.29, 1.82) is 0 Å². The van der Waals surface area contributed by atoms with E-state index >= 15 is 0 Å². The van der Waals surface area contributed by atoms with Crippen LogP contribution in [0, 0.1) is 29.1 Å². The molecule has 0 amide bonds. The lowest BCUT2D eigenvalue weighted by Crippen LogP contribution is -2.35. The Balaban J connectivity index is 2.93. The van der Waals surface area contributed by atoms with Crippen LogP contribution in [0.2, 0.25) is 0 Å². The minimum atomic E-state index is -2.35. The van der Waals surface area contributed by atoms with Gasteiger partial charge < -0.3 is 23.8 Å². The molecule has 0 fully saturated rings. The van der Waals surface area contributed by atoms with Gasteiger partial charge in [-0.15, -0.1) is 0 Å². The van der Waals surface area contributed by atoms with Crippen LogP contribution in [0.15, 0.2) is 0 Å². The maximum absolute atomic E-state index is 13.3. The summed E-state index contributed by atoms with van der Waals surface area (Å²) in [6.45, 7) is -0.186. The lowest BCUT2D eigenvalue weighted by Gasteiger charge is -2.18. The van der Waals surface area contributed by atoms with E-state index in [1.165, 1.54) is 7.11 Å². The highest BCUT2D eigenvalue weighted by Gasteiger charge is 2.32. The van der Waals surface area contributed by atoms with Crippen molar-refractivity contribution in [1.82, 2.24) is 0 Å². The molecule has 21 heavy (non-hydrogen) atoms. The zero-order valence-corrected chi connectivity index (χ0v) is 10.8. The molecule has 0 saturated heterocycles. The Morgan fingerprint density at radius 3 is 1.86 bits per heavy atom. The molecule has 0 heterocycles. The molecule has 0 aliphatic heterocycles. The van der Waals surface area contributed by atoms with E-state index in [0.717, 1.165) is 7.11 Å². The first kappa shape index (κ1) is 17.6. The van der Waals surface area contributed by atoms with Gasteiger partial charge in [-0.25, -0.2) is 13.2 Å². The monoisotopic (exact) mass is 316 g/mol. The molecule has 0 bridgehead atoms. The number of benzene rings is 1. The number of hydrogen-bond acceptors (Lipinski definition) is 5. The number of ether oxygens (including phenoxy) is 2. The van der Waals surface area contributed by atoms with E-state index in [1.807, 2.05) is 0 Å². The van der Waals surface area contributed by atoms with Gasteiger partial charge in [-0.05, 0) is 0 Å². The second-order valence-corrected chi connectivity index (χ2v) is 3.58. The predicted octanol–water partition coefficient (Wildman–Crippen LogP) is 1.37. The molecule has 1 atom stereocenters. The predicted molar refractivity (Wildman–Crippen MR) is 58.6 cm³/mol. The van der Waals surface area contributed by atoms with Crippen molar-refractivity contribution in [2.75, 3.05) is 20.8 Å². The van der Waals surface area contributed by atoms with Crippen molar-refractivity contribution < 1.29 is 45.8 Å². The summed E-state index contributed by atoms with van der Waals surface area (Å²) in [5, 5.41) is 9.28. The van der Waals surface area contributed by atoms with Crippen LogP contribution < -0.4 is 4.65 Å². The SMILES string of the molecule is COCC(OC)OB(O)Oc1c(F)c(F)c(F)c(F)c1F. The fourth-order valence-corrected chi connectivity index (χ4v) is 1.25. The summed E-state index contributed by atoms with van der Waals surface area (Å²) in [7, 11) is 0.0833. The first-order valence-electron chi connectivity index (χ1n) is 5.36. The Morgan fingerprint density at radius 2 is 1.43 bits per heavy atom.